The molecule has 5 rings (SSSR count). The number of rotatable bonds is 2. The molecule has 0 amide bonds. The average molecular weight is 885 g/mol. The number of carbonyl (C=O) groups is 1. The van der Waals surface area contributed by atoms with E-state index >= 15 is 0 Å². The van der Waals surface area contributed by atoms with Crippen LogP contribution in [0.5, 0.6) is 5.75 Å². The SMILES string of the molecule is CC(C)(C)c1cc(N)c(O)c([N+](=O)[O-])c1.CCO.Cc1nc2cc(C(C)(C)C)cc(N)c2o1.Cc1nc2cc(C(C)(C)C)cc([N+](=O)[O-])c2o1.N.O=CO.[2HH].[2HH].[CH3-].[Pd]. The Morgan fingerprint density at radius 2 is 1.04 bits per heavy atom. The van der Waals surface area contributed by atoms with Crippen molar-refractivity contribution in [1.29, 1.82) is 0 Å². The number of benzene rings is 3. The molecule has 0 bridgehead atoms. The first-order valence-corrected chi connectivity index (χ1v) is 16.4. The molecular formula is C38H62N7O10Pd-. The maximum absolute atomic E-state index is 11.0. The Hall–Kier alpha value is -5.15. The van der Waals surface area contributed by atoms with Crippen molar-refractivity contribution in [2.75, 3.05) is 18.1 Å². The van der Waals surface area contributed by atoms with Crippen molar-refractivity contribution in [1.82, 2.24) is 16.1 Å². The summed E-state index contributed by atoms with van der Waals surface area (Å²) in [5.41, 5.74) is 16.6. The van der Waals surface area contributed by atoms with Crippen LogP contribution in [0.25, 0.3) is 22.2 Å². The molecule has 0 atom stereocenters. The number of hydrogen-bond donors (Lipinski definition) is 6. The number of aryl methyl sites for hydroxylation is 2. The van der Waals surface area contributed by atoms with E-state index in [2.05, 4.69) is 30.7 Å². The molecule has 17 nitrogen and oxygen atoms in total. The Bertz CT molecular complexity index is 2050. The summed E-state index contributed by atoms with van der Waals surface area (Å²) in [5, 5.41) is 45.5. The zero-order valence-electron chi connectivity index (χ0n) is 34.4. The molecule has 0 saturated carbocycles. The number of hydrogen-bond acceptors (Lipinski definition) is 14. The van der Waals surface area contributed by atoms with Gasteiger partial charge in [0.1, 0.15) is 11.0 Å². The molecular weight excluding hydrogens is 821 g/mol. The van der Waals surface area contributed by atoms with Crippen LogP contribution in [0.3, 0.4) is 0 Å². The molecule has 3 aromatic carbocycles. The third-order valence-corrected chi connectivity index (χ3v) is 7.31. The van der Waals surface area contributed by atoms with Crippen LogP contribution < -0.4 is 17.6 Å². The van der Waals surface area contributed by atoms with E-state index in [0.29, 0.717) is 28.6 Å². The number of phenolic OH excluding ortho intramolecular Hbond substituents is 1. The minimum atomic E-state index is -0.638. The van der Waals surface area contributed by atoms with Crippen molar-refractivity contribution in [2.45, 2.75) is 99.3 Å². The third kappa shape index (κ3) is 15.5. The first-order chi connectivity index (χ1) is 24.2. The van der Waals surface area contributed by atoms with Gasteiger partial charge in [0.15, 0.2) is 17.4 Å². The largest absolute Gasteiger partial charge is 0.501 e. The van der Waals surface area contributed by atoms with E-state index in [0.717, 1.165) is 16.6 Å². The molecule has 0 fully saturated rings. The zero-order chi connectivity index (χ0) is 41.2. The second-order valence-corrected chi connectivity index (χ2v) is 14.8. The standard InChI is InChI=1S/C12H14N2O3.C12H16N2O.C10H14N2O3.C2H6O.CH2O2.CH3.H3N.Pd.2H2/c1-7-13-9-5-8(12(2,3)4)6-10(14(15)16)11(9)17-7;1-7-14-10-6-8(12(2,3)4)5-9(13)11(10)15-7;1-10(2,3)6-4-7(11)9(13)8(5-6)12(14)15;1-2-3;2-1-3;;;;;/h5-6H,1-4H3;5-6H,13H2,1-4H3;4-5,13H,11H2,1-3H3;3H,2H2,1H3;1H,(H,2,3);2*1H3;;2*1H/q;;;;;-1;;;;/i;;;;;;;;2*1+1. The molecule has 56 heavy (non-hydrogen) atoms. The van der Waals surface area contributed by atoms with Crippen LogP contribution in [0.4, 0.5) is 22.7 Å². The number of anilines is 2. The quantitative estimate of drug-likeness (QED) is 0.0183. The van der Waals surface area contributed by atoms with E-state index in [-0.39, 0.29) is 88.8 Å². The number of nitro groups is 2. The van der Waals surface area contributed by atoms with Gasteiger partial charge in [-0.15, -0.1) is 0 Å². The Labute approximate surface area is 344 Å². The van der Waals surface area contributed by atoms with Crippen molar-refractivity contribution in [2.24, 2.45) is 0 Å². The zero-order valence-corrected chi connectivity index (χ0v) is 36.0. The Kier molecular flexibility index (Phi) is 22.1. The van der Waals surface area contributed by atoms with Crippen LogP contribution >= 0.6 is 0 Å². The predicted octanol–water partition coefficient (Wildman–Crippen LogP) is 9.34. The summed E-state index contributed by atoms with van der Waals surface area (Å²) in [5.74, 6) is 0.630. The van der Waals surface area contributed by atoms with E-state index in [9.17, 15) is 25.3 Å². The van der Waals surface area contributed by atoms with Gasteiger partial charge in [-0.2, -0.15) is 0 Å². The second kappa shape index (κ2) is 22.4. The average Bonchev–Trinajstić information content (AvgIpc) is 3.58. The van der Waals surface area contributed by atoms with Gasteiger partial charge in [-0.1, -0.05) is 62.3 Å². The molecule has 0 aliphatic heterocycles. The number of phenols is 1. The third-order valence-electron chi connectivity index (χ3n) is 7.31. The fourth-order valence-corrected chi connectivity index (χ4v) is 4.51. The topological polar surface area (TPSA) is 303 Å². The van der Waals surface area contributed by atoms with Crippen LogP contribution in [0, 0.1) is 41.5 Å². The van der Waals surface area contributed by atoms with E-state index < -0.39 is 15.6 Å². The summed E-state index contributed by atoms with van der Waals surface area (Å²) in [7, 11) is 0. The van der Waals surface area contributed by atoms with E-state index in [4.69, 9.17) is 35.3 Å². The van der Waals surface area contributed by atoms with Crippen molar-refractivity contribution in [3.8, 4) is 5.75 Å². The van der Waals surface area contributed by atoms with Gasteiger partial charge in [0.05, 0.1) is 21.2 Å². The minimum Gasteiger partial charge on any atom is -0.501 e. The Balaban J connectivity index is -0.000000218. The van der Waals surface area contributed by atoms with Crippen molar-refractivity contribution >= 4 is 51.4 Å². The van der Waals surface area contributed by atoms with Gasteiger partial charge in [0, 0.05) is 55.9 Å². The van der Waals surface area contributed by atoms with Gasteiger partial charge >= 0.3 is 11.4 Å². The van der Waals surface area contributed by atoms with Gasteiger partial charge in [-0.25, -0.2) is 9.97 Å². The molecule has 0 radical (unpaired) electrons. The number of nitrogens with zero attached hydrogens (tertiary/aromatic N) is 4. The van der Waals surface area contributed by atoms with Crippen LogP contribution in [0.15, 0.2) is 45.2 Å². The molecule has 0 unspecified atom stereocenters. The van der Waals surface area contributed by atoms with Gasteiger partial charge in [0.2, 0.25) is 11.3 Å². The summed E-state index contributed by atoms with van der Waals surface area (Å²) in [6, 6.07) is 10.3. The number of nitrogens with two attached hydrogens (primary N) is 2. The number of aliphatic hydroxyl groups excluding tert-OH is 1. The van der Waals surface area contributed by atoms with Crippen LogP contribution in [0.2, 0.25) is 0 Å². The predicted molar refractivity (Wildman–Crippen MR) is 221 cm³/mol. The van der Waals surface area contributed by atoms with Crippen LogP contribution in [-0.4, -0.2) is 48.2 Å². The first kappa shape index (κ1) is 55.2. The van der Waals surface area contributed by atoms with Gasteiger partial charge < -0.3 is 49.2 Å². The number of aromatic hydroxyl groups is 1. The van der Waals surface area contributed by atoms with Crippen LogP contribution in [-0.2, 0) is 41.5 Å². The van der Waals surface area contributed by atoms with E-state index in [1.807, 2.05) is 66.7 Å². The molecule has 0 aliphatic rings. The van der Waals surface area contributed by atoms with Crippen LogP contribution in [0.1, 0.15) is 101 Å². The molecule has 320 valence electrons. The molecule has 0 spiro atoms. The second-order valence-electron chi connectivity index (χ2n) is 14.8. The summed E-state index contributed by atoms with van der Waals surface area (Å²) in [6.07, 6.45) is 0. The number of non-ortho nitro benzene ring substituents is 1. The molecule has 10 N–H and O–H groups in total. The fraction of sp³-hybridized carbons (Fsp3) is 0.421. The summed E-state index contributed by atoms with van der Waals surface area (Å²) in [4.78, 5) is 37.4. The Morgan fingerprint density at radius 1 is 0.732 bits per heavy atom. The van der Waals surface area contributed by atoms with Gasteiger partial charge in [-0.05, 0) is 64.1 Å². The summed E-state index contributed by atoms with van der Waals surface area (Å²) >= 11 is 0. The number of nitro benzene ring substituents is 2. The molecule has 5 aromatic rings. The maximum atomic E-state index is 11.0. The molecule has 0 saturated heterocycles. The first-order valence-electron chi connectivity index (χ1n) is 16.4. The summed E-state index contributed by atoms with van der Waals surface area (Å²) in [6.45, 7) is 23.4. The van der Waals surface area contributed by atoms with E-state index in [1.165, 1.54) is 11.6 Å². The molecule has 0 aliphatic carbocycles. The van der Waals surface area contributed by atoms with Crippen molar-refractivity contribution in [3.05, 3.63) is 92.5 Å². The van der Waals surface area contributed by atoms with E-state index in [1.54, 1.807) is 26.0 Å². The Morgan fingerprint density at radius 3 is 1.41 bits per heavy atom. The molecule has 2 aromatic heterocycles. The smallest absolute Gasteiger partial charge is 0.314 e. The fourth-order valence-electron chi connectivity index (χ4n) is 4.51. The number of fused-ring (bicyclic) bond motifs is 2. The molecule has 2 heterocycles. The normalized spacial score (nSPS) is 10.5. The minimum absolute atomic E-state index is 0. The number of carboxylic acid groups (broad SMARTS) is 1. The number of nitrogen functional groups attached to an aromatic ring is 2. The van der Waals surface area contributed by atoms with Gasteiger partial charge in [-0.3, -0.25) is 25.0 Å². The van der Waals surface area contributed by atoms with Crippen molar-refractivity contribution < 1.29 is 62.1 Å². The number of oxazole rings is 2. The number of aliphatic hydroxyl groups is 1. The number of aromatic nitrogens is 2. The monoisotopic (exact) mass is 884 g/mol. The maximum Gasteiger partial charge on any atom is 0.314 e. The molecule has 18 heteroatoms. The van der Waals surface area contributed by atoms with Crippen molar-refractivity contribution in [3.63, 3.8) is 0 Å². The summed E-state index contributed by atoms with van der Waals surface area (Å²) < 4.78 is 10.7. The van der Waals surface area contributed by atoms with Gasteiger partial charge in [0.25, 0.3) is 6.47 Å².